The van der Waals surface area contributed by atoms with Crippen LogP contribution in [-0.4, -0.2) is 22.5 Å². The lowest BCUT2D eigenvalue weighted by atomic mass is 10.2. The van der Waals surface area contributed by atoms with Crippen molar-refractivity contribution in [2.24, 2.45) is 10.1 Å². The molecule has 2 aromatic heterocycles. The predicted octanol–water partition coefficient (Wildman–Crippen LogP) is 4.34. The lowest BCUT2D eigenvalue weighted by molar-refractivity contribution is 0.474. The first-order chi connectivity index (χ1) is 11.6. The number of benzene rings is 1. The maximum atomic E-state index is 9.91. The minimum atomic E-state index is 0.204. The Kier molecular flexibility index (Phi) is 5.08. The third-order valence-corrected chi connectivity index (χ3v) is 4.94. The van der Waals surface area contributed by atoms with Gasteiger partial charge in [-0.15, -0.1) is 22.7 Å². The van der Waals surface area contributed by atoms with Crippen molar-refractivity contribution in [1.82, 2.24) is 4.68 Å². The van der Waals surface area contributed by atoms with E-state index in [4.69, 9.17) is 0 Å². The topological polar surface area (TPSA) is 49.9 Å². The van der Waals surface area contributed by atoms with Crippen LogP contribution in [0.25, 0.3) is 10.6 Å². The van der Waals surface area contributed by atoms with E-state index in [1.54, 1.807) is 41.0 Å². The summed E-state index contributed by atoms with van der Waals surface area (Å²) in [7, 11) is 0. The van der Waals surface area contributed by atoms with Crippen LogP contribution in [0.3, 0.4) is 0 Å². The number of nitrogens with zero attached hydrogens (tertiary/aromatic N) is 3. The molecule has 6 heteroatoms. The van der Waals surface area contributed by atoms with Crippen molar-refractivity contribution >= 4 is 28.9 Å². The van der Waals surface area contributed by atoms with Gasteiger partial charge in [0.25, 0.3) is 0 Å². The largest absolute Gasteiger partial charge is 0.507 e. The van der Waals surface area contributed by atoms with E-state index in [-0.39, 0.29) is 5.75 Å². The van der Waals surface area contributed by atoms with Crippen molar-refractivity contribution in [2.75, 3.05) is 6.54 Å². The monoisotopic (exact) mass is 355 g/mol. The number of phenolic OH excluding ortho intramolecular Hbond substituents is 1. The molecule has 0 aliphatic heterocycles. The Morgan fingerprint density at radius 2 is 2.08 bits per heavy atom. The number of aromatic hydroxyl groups is 1. The normalized spacial score (nSPS) is 12.1. The first-order valence-electron chi connectivity index (χ1n) is 7.37. The van der Waals surface area contributed by atoms with E-state index in [2.05, 4.69) is 22.7 Å². The van der Waals surface area contributed by atoms with Gasteiger partial charge in [0.1, 0.15) is 5.75 Å². The molecular weight excluding hydrogens is 338 g/mol. The molecule has 0 aliphatic rings. The number of aromatic nitrogens is 1. The van der Waals surface area contributed by atoms with Gasteiger partial charge in [-0.2, -0.15) is 5.10 Å². The van der Waals surface area contributed by atoms with E-state index in [0.29, 0.717) is 12.1 Å². The second-order valence-corrected chi connectivity index (χ2v) is 7.05. The highest BCUT2D eigenvalue weighted by molar-refractivity contribution is 7.14. The molecule has 3 aromatic rings. The predicted molar refractivity (Wildman–Crippen MR) is 102 cm³/mol. The number of rotatable bonds is 5. The molecule has 4 nitrogen and oxygen atoms in total. The highest BCUT2D eigenvalue weighted by atomic mass is 32.1. The van der Waals surface area contributed by atoms with Gasteiger partial charge in [0, 0.05) is 10.9 Å². The zero-order chi connectivity index (χ0) is 16.9. The number of thiazole rings is 1. The number of para-hydroxylation sites is 1. The van der Waals surface area contributed by atoms with Gasteiger partial charge in [-0.1, -0.05) is 30.4 Å². The van der Waals surface area contributed by atoms with Crippen molar-refractivity contribution in [1.29, 1.82) is 0 Å². The average molecular weight is 355 g/mol. The van der Waals surface area contributed by atoms with E-state index in [1.165, 1.54) is 0 Å². The van der Waals surface area contributed by atoms with Crippen LogP contribution in [0.15, 0.2) is 69.4 Å². The zero-order valence-corrected chi connectivity index (χ0v) is 14.8. The quantitative estimate of drug-likeness (QED) is 0.537. The molecule has 3 rings (SSSR count). The Balaban J connectivity index is 2.06. The third kappa shape index (κ3) is 3.72. The van der Waals surface area contributed by atoms with Gasteiger partial charge < -0.3 is 5.11 Å². The molecule has 122 valence electrons. The highest BCUT2D eigenvalue weighted by Gasteiger charge is 2.08. The molecule has 1 N–H and O–H groups in total. The second-order valence-electron chi connectivity index (χ2n) is 5.27. The van der Waals surface area contributed by atoms with Crippen LogP contribution in [0.4, 0.5) is 0 Å². The second kappa shape index (κ2) is 7.42. The summed E-state index contributed by atoms with van der Waals surface area (Å²) in [5.74, 6) is 0.204. The number of hydrogen-bond donors (Lipinski definition) is 1. The van der Waals surface area contributed by atoms with E-state index in [1.807, 2.05) is 40.6 Å². The summed E-state index contributed by atoms with van der Waals surface area (Å²) in [4.78, 5) is 6.50. The molecule has 24 heavy (non-hydrogen) atoms. The van der Waals surface area contributed by atoms with E-state index < -0.39 is 0 Å². The SMILES string of the molecule is C=C(C)CN=c1scc(-c2cccs2)n1N=Cc1ccccc1O. The summed E-state index contributed by atoms with van der Waals surface area (Å²) in [6, 6.07) is 11.2. The Morgan fingerprint density at radius 1 is 1.25 bits per heavy atom. The first kappa shape index (κ1) is 16.4. The molecule has 0 spiro atoms. The van der Waals surface area contributed by atoms with Crippen LogP contribution in [-0.2, 0) is 0 Å². The van der Waals surface area contributed by atoms with Gasteiger partial charge in [-0.3, -0.25) is 4.99 Å². The minimum absolute atomic E-state index is 0.204. The first-order valence-corrected chi connectivity index (χ1v) is 9.12. The van der Waals surface area contributed by atoms with Gasteiger partial charge in [-0.05, 0) is 30.5 Å². The molecule has 0 bridgehead atoms. The van der Waals surface area contributed by atoms with Crippen molar-refractivity contribution in [3.63, 3.8) is 0 Å². The zero-order valence-electron chi connectivity index (χ0n) is 13.2. The maximum absolute atomic E-state index is 9.91. The summed E-state index contributed by atoms with van der Waals surface area (Å²) in [5.41, 5.74) is 2.65. The van der Waals surface area contributed by atoms with Crippen LogP contribution in [0, 0.1) is 0 Å². The van der Waals surface area contributed by atoms with E-state index >= 15 is 0 Å². The number of hydrogen-bond acceptors (Lipinski definition) is 5. The standard InChI is InChI=1S/C18H17N3OS2/c1-13(2)10-19-18-21(15(12-24-18)17-8-5-9-23-17)20-11-14-6-3-4-7-16(14)22/h3-9,11-12,22H,1,10H2,2H3. The fourth-order valence-corrected chi connectivity index (χ4v) is 3.66. The van der Waals surface area contributed by atoms with Crippen molar-refractivity contribution in [2.45, 2.75) is 6.92 Å². The molecule has 0 fully saturated rings. The van der Waals surface area contributed by atoms with Gasteiger partial charge in [0.05, 0.1) is 23.3 Å². The summed E-state index contributed by atoms with van der Waals surface area (Å²) in [6.07, 6.45) is 1.65. The third-order valence-electron chi connectivity index (χ3n) is 3.19. The Morgan fingerprint density at radius 3 is 2.79 bits per heavy atom. The maximum Gasteiger partial charge on any atom is 0.206 e. The van der Waals surface area contributed by atoms with Crippen LogP contribution in [0.5, 0.6) is 5.75 Å². The minimum Gasteiger partial charge on any atom is -0.507 e. The summed E-state index contributed by atoms with van der Waals surface area (Å²) in [5, 5.41) is 18.5. The number of thiophene rings is 1. The lowest BCUT2D eigenvalue weighted by Gasteiger charge is -2.02. The van der Waals surface area contributed by atoms with E-state index in [0.717, 1.165) is 20.9 Å². The van der Waals surface area contributed by atoms with Crippen molar-refractivity contribution in [3.05, 3.63) is 69.7 Å². The van der Waals surface area contributed by atoms with Crippen molar-refractivity contribution < 1.29 is 5.11 Å². The summed E-state index contributed by atoms with van der Waals surface area (Å²) in [6.45, 7) is 6.41. The number of phenols is 1. The molecule has 1 aromatic carbocycles. The van der Waals surface area contributed by atoms with Crippen LogP contribution in [0.1, 0.15) is 12.5 Å². The highest BCUT2D eigenvalue weighted by Crippen LogP contribution is 2.25. The van der Waals surface area contributed by atoms with Crippen LogP contribution >= 0.6 is 22.7 Å². The Bertz CT molecular complexity index is 933. The fraction of sp³-hybridized carbons (Fsp3) is 0.111. The van der Waals surface area contributed by atoms with Gasteiger partial charge in [0.2, 0.25) is 4.80 Å². The van der Waals surface area contributed by atoms with Crippen LogP contribution < -0.4 is 4.80 Å². The van der Waals surface area contributed by atoms with Gasteiger partial charge in [0.15, 0.2) is 0 Å². The molecule has 0 atom stereocenters. The molecular formula is C18H17N3OS2. The molecule has 0 saturated heterocycles. The molecule has 0 radical (unpaired) electrons. The summed E-state index contributed by atoms with van der Waals surface area (Å²) >= 11 is 3.20. The van der Waals surface area contributed by atoms with Crippen molar-refractivity contribution in [3.8, 4) is 16.3 Å². The van der Waals surface area contributed by atoms with Gasteiger partial charge >= 0.3 is 0 Å². The molecule has 0 unspecified atom stereocenters. The fourth-order valence-electron chi connectivity index (χ4n) is 2.03. The smallest absolute Gasteiger partial charge is 0.206 e. The Labute approximate surface area is 148 Å². The molecule has 0 amide bonds. The van der Waals surface area contributed by atoms with E-state index in [9.17, 15) is 5.11 Å². The van der Waals surface area contributed by atoms with Gasteiger partial charge in [-0.25, -0.2) is 4.68 Å². The average Bonchev–Trinajstić information content (AvgIpc) is 3.21. The molecule has 0 aliphatic carbocycles. The Hall–Kier alpha value is -2.44. The lowest BCUT2D eigenvalue weighted by Crippen LogP contribution is -2.12. The van der Waals surface area contributed by atoms with Crippen LogP contribution in [0.2, 0.25) is 0 Å². The molecule has 2 heterocycles. The summed E-state index contributed by atoms with van der Waals surface area (Å²) < 4.78 is 1.81. The molecule has 0 saturated carbocycles.